The molecule has 1 atom stereocenters. The number of nitrogens with zero attached hydrogens (tertiary/aromatic N) is 2. The maximum atomic E-state index is 12.6. The molecule has 1 aliphatic rings. The molecule has 2 aromatic rings. The van der Waals surface area contributed by atoms with Gasteiger partial charge in [-0.1, -0.05) is 30.3 Å². The zero-order chi connectivity index (χ0) is 19.1. The van der Waals surface area contributed by atoms with Crippen LogP contribution in [0.25, 0.3) is 0 Å². The molecule has 0 bridgehead atoms. The molecule has 1 N–H and O–H groups in total. The first-order chi connectivity index (χ1) is 13.2. The first-order valence-corrected chi connectivity index (χ1v) is 9.36. The SMILES string of the molecule is CCOc1cc(CNC(=O)C2CCCN2C(=O)Cc2ccccc2)ccn1. The summed E-state index contributed by atoms with van der Waals surface area (Å²) in [6.07, 6.45) is 3.54. The van der Waals surface area contributed by atoms with Gasteiger partial charge < -0.3 is 15.0 Å². The van der Waals surface area contributed by atoms with Crippen molar-refractivity contribution in [2.24, 2.45) is 0 Å². The van der Waals surface area contributed by atoms with E-state index in [0.29, 0.717) is 38.4 Å². The number of rotatable bonds is 7. The van der Waals surface area contributed by atoms with Crippen LogP contribution in [0.3, 0.4) is 0 Å². The van der Waals surface area contributed by atoms with Gasteiger partial charge in [-0.05, 0) is 37.0 Å². The minimum Gasteiger partial charge on any atom is -0.478 e. The number of hydrogen-bond donors (Lipinski definition) is 1. The van der Waals surface area contributed by atoms with Crippen LogP contribution in [0, 0.1) is 0 Å². The molecule has 142 valence electrons. The number of ether oxygens (including phenoxy) is 1. The Kier molecular flexibility index (Phi) is 6.41. The van der Waals surface area contributed by atoms with Crippen molar-refractivity contribution in [2.45, 2.75) is 38.8 Å². The molecule has 1 aromatic heterocycles. The van der Waals surface area contributed by atoms with Gasteiger partial charge >= 0.3 is 0 Å². The second-order valence-corrected chi connectivity index (χ2v) is 6.56. The topological polar surface area (TPSA) is 71.5 Å². The van der Waals surface area contributed by atoms with Crippen LogP contribution in [0.1, 0.15) is 30.9 Å². The van der Waals surface area contributed by atoms with Crippen LogP contribution in [0.2, 0.25) is 0 Å². The van der Waals surface area contributed by atoms with Gasteiger partial charge in [0, 0.05) is 25.4 Å². The molecule has 0 saturated carbocycles. The maximum absolute atomic E-state index is 12.6. The van der Waals surface area contributed by atoms with Gasteiger partial charge in [0.25, 0.3) is 0 Å². The standard InChI is InChI=1S/C21H25N3O3/c1-2-27-19-13-17(10-11-22-19)15-23-21(26)18-9-6-12-24(18)20(25)14-16-7-4-3-5-8-16/h3-5,7-8,10-11,13,18H,2,6,9,12,14-15H2,1H3,(H,23,26). The van der Waals surface area contributed by atoms with Gasteiger partial charge in [0.2, 0.25) is 17.7 Å². The predicted octanol–water partition coefficient (Wildman–Crippen LogP) is 2.33. The van der Waals surface area contributed by atoms with E-state index in [4.69, 9.17) is 4.74 Å². The minimum absolute atomic E-state index is 0.00129. The predicted molar refractivity (Wildman–Crippen MR) is 102 cm³/mol. The highest BCUT2D eigenvalue weighted by molar-refractivity contribution is 5.89. The number of pyridine rings is 1. The first-order valence-electron chi connectivity index (χ1n) is 9.36. The lowest BCUT2D eigenvalue weighted by Crippen LogP contribution is -2.46. The van der Waals surface area contributed by atoms with E-state index >= 15 is 0 Å². The summed E-state index contributed by atoms with van der Waals surface area (Å²) in [6.45, 7) is 3.47. The van der Waals surface area contributed by atoms with E-state index in [2.05, 4.69) is 10.3 Å². The molecule has 0 spiro atoms. The van der Waals surface area contributed by atoms with Crippen molar-refractivity contribution in [3.8, 4) is 5.88 Å². The number of benzene rings is 1. The fourth-order valence-corrected chi connectivity index (χ4v) is 3.30. The van der Waals surface area contributed by atoms with Crippen LogP contribution in [0.15, 0.2) is 48.7 Å². The lowest BCUT2D eigenvalue weighted by molar-refractivity contribution is -0.138. The largest absolute Gasteiger partial charge is 0.478 e. The highest BCUT2D eigenvalue weighted by Gasteiger charge is 2.33. The van der Waals surface area contributed by atoms with E-state index < -0.39 is 6.04 Å². The van der Waals surface area contributed by atoms with E-state index in [0.717, 1.165) is 17.5 Å². The van der Waals surface area contributed by atoms with Crippen molar-refractivity contribution in [3.63, 3.8) is 0 Å². The Morgan fingerprint density at radius 2 is 2.04 bits per heavy atom. The average Bonchev–Trinajstić information content (AvgIpc) is 3.18. The number of carbonyl (C=O) groups excluding carboxylic acids is 2. The molecule has 27 heavy (non-hydrogen) atoms. The molecule has 2 heterocycles. The Bertz CT molecular complexity index is 779. The van der Waals surface area contributed by atoms with Crippen molar-refractivity contribution in [1.82, 2.24) is 15.2 Å². The van der Waals surface area contributed by atoms with Crippen LogP contribution >= 0.6 is 0 Å². The summed E-state index contributed by atoms with van der Waals surface area (Å²) in [4.78, 5) is 31.1. The Labute approximate surface area is 159 Å². The van der Waals surface area contributed by atoms with Crippen molar-refractivity contribution in [3.05, 3.63) is 59.8 Å². The van der Waals surface area contributed by atoms with Gasteiger partial charge in [-0.2, -0.15) is 0 Å². The number of likely N-dealkylation sites (tertiary alicyclic amines) is 1. The van der Waals surface area contributed by atoms with Gasteiger partial charge in [0.1, 0.15) is 6.04 Å². The van der Waals surface area contributed by atoms with Crippen molar-refractivity contribution in [1.29, 1.82) is 0 Å². The highest BCUT2D eigenvalue weighted by atomic mass is 16.5. The fourth-order valence-electron chi connectivity index (χ4n) is 3.30. The van der Waals surface area contributed by atoms with Gasteiger partial charge in [0.15, 0.2) is 0 Å². The van der Waals surface area contributed by atoms with Gasteiger partial charge in [0.05, 0.1) is 13.0 Å². The van der Waals surface area contributed by atoms with Gasteiger partial charge in [-0.3, -0.25) is 9.59 Å². The van der Waals surface area contributed by atoms with E-state index in [1.54, 1.807) is 11.1 Å². The number of hydrogen-bond acceptors (Lipinski definition) is 4. The molecule has 0 radical (unpaired) electrons. The van der Waals surface area contributed by atoms with E-state index in [1.165, 1.54) is 0 Å². The number of amides is 2. The molecule has 0 aliphatic carbocycles. The fraction of sp³-hybridized carbons (Fsp3) is 0.381. The average molecular weight is 367 g/mol. The van der Waals surface area contributed by atoms with E-state index in [9.17, 15) is 9.59 Å². The molecule has 6 nitrogen and oxygen atoms in total. The highest BCUT2D eigenvalue weighted by Crippen LogP contribution is 2.19. The molecule has 6 heteroatoms. The van der Waals surface area contributed by atoms with E-state index in [-0.39, 0.29) is 11.8 Å². The Hall–Kier alpha value is -2.89. The zero-order valence-electron chi connectivity index (χ0n) is 15.6. The molecular weight excluding hydrogens is 342 g/mol. The molecule has 2 amide bonds. The summed E-state index contributed by atoms with van der Waals surface area (Å²) >= 11 is 0. The lowest BCUT2D eigenvalue weighted by atomic mass is 10.1. The summed E-state index contributed by atoms with van der Waals surface area (Å²) < 4.78 is 5.38. The molecule has 1 aliphatic heterocycles. The lowest BCUT2D eigenvalue weighted by Gasteiger charge is -2.24. The summed E-state index contributed by atoms with van der Waals surface area (Å²) in [7, 11) is 0. The molecule has 1 saturated heterocycles. The number of aromatic nitrogens is 1. The van der Waals surface area contributed by atoms with Crippen LogP contribution in [0.5, 0.6) is 5.88 Å². The van der Waals surface area contributed by atoms with Crippen molar-refractivity contribution >= 4 is 11.8 Å². The van der Waals surface area contributed by atoms with Crippen molar-refractivity contribution in [2.75, 3.05) is 13.2 Å². The third kappa shape index (κ3) is 5.06. The minimum atomic E-state index is -0.394. The maximum Gasteiger partial charge on any atom is 0.243 e. The van der Waals surface area contributed by atoms with Crippen LogP contribution < -0.4 is 10.1 Å². The Balaban J connectivity index is 1.57. The molecular formula is C21H25N3O3. The summed E-state index contributed by atoms with van der Waals surface area (Å²) in [5.74, 6) is 0.440. The molecule has 1 unspecified atom stereocenters. The third-order valence-corrected chi connectivity index (χ3v) is 4.63. The Morgan fingerprint density at radius 1 is 1.22 bits per heavy atom. The summed E-state index contributed by atoms with van der Waals surface area (Å²) in [5, 5.41) is 2.94. The molecule has 1 fully saturated rings. The number of carbonyl (C=O) groups is 2. The zero-order valence-corrected chi connectivity index (χ0v) is 15.6. The normalized spacial score (nSPS) is 16.2. The monoisotopic (exact) mass is 367 g/mol. The van der Waals surface area contributed by atoms with Crippen LogP contribution in [-0.2, 0) is 22.6 Å². The smallest absolute Gasteiger partial charge is 0.243 e. The summed E-state index contributed by atoms with van der Waals surface area (Å²) in [5.41, 5.74) is 1.88. The van der Waals surface area contributed by atoms with Crippen LogP contribution in [-0.4, -0.2) is 40.9 Å². The molecule has 1 aromatic carbocycles. The quantitative estimate of drug-likeness (QED) is 0.815. The second kappa shape index (κ2) is 9.16. The molecule has 3 rings (SSSR count). The van der Waals surface area contributed by atoms with E-state index in [1.807, 2.05) is 49.4 Å². The first kappa shape index (κ1) is 18.9. The summed E-state index contributed by atoms with van der Waals surface area (Å²) in [6, 6.07) is 12.9. The van der Waals surface area contributed by atoms with Gasteiger partial charge in [-0.15, -0.1) is 0 Å². The second-order valence-electron chi connectivity index (χ2n) is 6.56. The van der Waals surface area contributed by atoms with Crippen molar-refractivity contribution < 1.29 is 14.3 Å². The Morgan fingerprint density at radius 3 is 2.81 bits per heavy atom. The number of nitrogens with one attached hydrogen (secondary N) is 1. The van der Waals surface area contributed by atoms with Gasteiger partial charge in [-0.25, -0.2) is 4.98 Å². The third-order valence-electron chi connectivity index (χ3n) is 4.63. The van der Waals surface area contributed by atoms with Crippen LogP contribution in [0.4, 0.5) is 0 Å².